The third-order valence-electron chi connectivity index (χ3n) is 3.33. The van der Waals surface area contributed by atoms with Crippen LogP contribution < -0.4 is 10.6 Å². The summed E-state index contributed by atoms with van der Waals surface area (Å²) in [5, 5.41) is 7.97. The van der Waals surface area contributed by atoms with Crippen LogP contribution in [0.2, 0.25) is 5.02 Å². The van der Waals surface area contributed by atoms with Gasteiger partial charge in [-0.15, -0.1) is 0 Å². The smallest absolute Gasteiger partial charge is 0.170 e. The van der Waals surface area contributed by atoms with Crippen LogP contribution in [-0.4, -0.2) is 17.4 Å². The molecule has 2 rings (SSSR count). The number of hydrogen-bond donors (Lipinski definition) is 2. The number of aryl methyl sites for hydroxylation is 2. The standard InChI is InChI=1S/C18H21ClN2S2/c1-13-6-7-14(2)17(10-13)21-18(22)20-8-9-23-12-15-4-3-5-16(19)11-15/h3-7,10-11H,8-9,12H2,1-2H3,(H2,20,21,22). The molecular formula is C18H21ClN2S2. The van der Waals surface area contributed by atoms with Crippen molar-refractivity contribution in [2.75, 3.05) is 17.6 Å². The van der Waals surface area contributed by atoms with Crippen LogP contribution in [0.4, 0.5) is 5.69 Å². The number of rotatable bonds is 6. The average Bonchev–Trinajstić information content (AvgIpc) is 2.51. The second-order valence-corrected chi connectivity index (χ2v) is 7.33. The Bertz CT molecular complexity index is 674. The Balaban J connectivity index is 1.68. The SMILES string of the molecule is Cc1ccc(C)c(NC(=S)NCCSCc2cccc(Cl)c2)c1. The summed E-state index contributed by atoms with van der Waals surface area (Å²) in [5.41, 5.74) is 4.72. The van der Waals surface area contributed by atoms with Crippen molar-refractivity contribution in [1.29, 1.82) is 0 Å². The summed E-state index contributed by atoms with van der Waals surface area (Å²) in [6.45, 7) is 4.99. The van der Waals surface area contributed by atoms with E-state index in [2.05, 4.69) is 48.7 Å². The lowest BCUT2D eigenvalue weighted by Crippen LogP contribution is -2.30. The maximum atomic E-state index is 5.98. The van der Waals surface area contributed by atoms with E-state index in [-0.39, 0.29) is 0 Å². The van der Waals surface area contributed by atoms with E-state index in [4.69, 9.17) is 23.8 Å². The summed E-state index contributed by atoms with van der Waals surface area (Å²) in [6, 6.07) is 14.3. The minimum atomic E-state index is 0.669. The summed E-state index contributed by atoms with van der Waals surface area (Å²) in [5.74, 6) is 1.94. The molecule has 0 fully saturated rings. The van der Waals surface area contributed by atoms with E-state index in [1.807, 2.05) is 30.0 Å². The van der Waals surface area contributed by atoms with E-state index < -0.39 is 0 Å². The van der Waals surface area contributed by atoms with E-state index >= 15 is 0 Å². The molecule has 0 aliphatic rings. The fourth-order valence-electron chi connectivity index (χ4n) is 2.09. The Morgan fingerprint density at radius 2 is 2.00 bits per heavy atom. The van der Waals surface area contributed by atoms with Crippen molar-refractivity contribution in [3.05, 3.63) is 64.2 Å². The number of nitrogens with one attached hydrogen (secondary N) is 2. The zero-order valence-electron chi connectivity index (χ0n) is 13.4. The molecule has 0 saturated carbocycles. The number of hydrogen-bond acceptors (Lipinski definition) is 2. The van der Waals surface area contributed by atoms with Gasteiger partial charge in [-0.05, 0) is 61.0 Å². The minimum absolute atomic E-state index is 0.669. The molecule has 23 heavy (non-hydrogen) atoms. The molecule has 0 spiro atoms. The second-order valence-electron chi connectivity index (χ2n) is 5.38. The molecule has 0 aliphatic carbocycles. The van der Waals surface area contributed by atoms with Crippen molar-refractivity contribution >= 4 is 46.4 Å². The van der Waals surface area contributed by atoms with Crippen molar-refractivity contribution in [2.45, 2.75) is 19.6 Å². The molecule has 0 atom stereocenters. The van der Waals surface area contributed by atoms with Crippen LogP contribution in [-0.2, 0) is 5.75 Å². The van der Waals surface area contributed by atoms with Gasteiger partial charge in [-0.3, -0.25) is 0 Å². The first-order valence-corrected chi connectivity index (χ1v) is 9.43. The summed E-state index contributed by atoms with van der Waals surface area (Å²) in [6.07, 6.45) is 0. The third kappa shape index (κ3) is 6.42. The summed E-state index contributed by atoms with van der Waals surface area (Å²) < 4.78 is 0. The van der Waals surface area contributed by atoms with Gasteiger partial charge < -0.3 is 10.6 Å². The molecule has 0 unspecified atom stereocenters. The molecule has 2 aromatic rings. The van der Waals surface area contributed by atoms with E-state index in [1.54, 1.807) is 0 Å². The monoisotopic (exact) mass is 364 g/mol. The maximum Gasteiger partial charge on any atom is 0.170 e. The Hall–Kier alpha value is -1.23. The highest BCUT2D eigenvalue weighted by atomic mass is 35.5. The topological polar surface area (TPSA) is 24.1 Å². The molecule has 5 heteroatoms. The number of benzene rings is 2. The van der Waals surface area contributed by atoms with Crippen molar-refractivity contribution in [2.24, 2.45) is 0 Å². The predicted octanol–water partition coefficient (Wildman–Crippen LogP) is 5.18. The zero-order valence-corrected chi connectivity index (χ0v) is 15.7. The lowest BCUT2D eigenvalue weighted by Gasteiger charge is -2.13. The maximum absolute atomic E-state index is 5.98. The molecule has 0 saturated heterocycles. The molecule has 0 aliphatic heterocycles. The van der Waals surface area contributed by atoms with Gasteiger partial charge in [0.05, 0.1) is 0 Å². The van der Waals surface area contributed by atoms with Gasteiger partial charge in [-0.25, -0.2) is 0 Å². The Morgan fingerprint density at radius 3 is 2.78 bits per heavy atom. The molecule has 2 nitrogen and oxygen atoms in total. The van der Waals surface area contributed by atoms with Gasteiger partial charge in [0.15, 0.2) is 5.11 Å². The van der Waals surface area contributed by atoms with Crippen LogP contribution in [0.25, 0.3) is 0 Å². The van der Waals surface area contributed by atoms with Crippen molar-refractivity contribution in [3.63, 3.8) is 0 Å². The van der Waals surface area contributed by atoms with Gasteiger partial charge in [-0.1, -0.05) is 35.9 Å². The van der Waals surface area contributed by atoms with Gasteiger partial charge in [-0.2, -0.15) is 11.8 Å². The highest BCUT2D eigenvalue weighted by Crippen LogP contribution is 2.17. The second kappa shape index (κ2) is 9.16. The number of halogens is 1. The lowest BCUT2D eigenvalue weighted by atomic mass is 10.1. The number of thiocarbonyl (C=S) groups is 1. The van der Waals surface area contributed by atoms with Crippen LogP contribution >= 0.6 is 35.6 Å². The fourth-order valence-corrected chi connectivity index (χ4v) is 3.32. The van der Waals surface area contributed by atoms with Crippen LogP contribution in [0, 0.1) is 13.8 Å². The van der Waals surface area contributed by atoms with Crippen LogP contribution in [0.15, 0.2) is 42.5 Å². The third-order valence-corrected chi connectivity index (χ3v) is 4.84. The van der Waals surface area contributed by atoms with Crippen LogP contribution in [0.1, 0.15) is 16.7 Å². The highest BCUT2D eigenvalue weighted by molar-refractivity contribution is 7.98. The molecule has 0 bridgehead atoms. The van der Waals surface area contributed by atoms with E-state index in [1.165, 1.54) is 16.7 Å². The quantitative estimate of drug-likeness (QED) is 0.545. The first kappa shape index (κ1) is 18.1. The Morgan fingerprint density at radius 1 is 1.17 bits per heavy atom. The average molecular weight is 365 g/mol. The molecule has 0 heterocycles. The van der Waals surface area contributed by atoms with E-state index in [0.717, 1.165) is 28.8 Å². The Kier molecular flexibility index (Phi) is 7.21. The van der Waals surface area contributed by atoms with Crippen molar-refractivity contribution in [3.8, 4) is 0 Å². The van der Waals surface area contributed by atoms with Crippen LogP contribution in [0.3, 0.4) is 0 Å². The first-order chi connectivity index (χ1) is 11.0. The van der Waals surface area contributed by atoms with Crippen molar-refractivity contribution < 1.29 is 0 Å². The fraction of sp³-hybridized carbons (Fsp3) is 0.278. The summed E-state index contributed by atoms with van der Waals surface area (Å²) in [4.78, 5) is 0. The number of anilines is 1. The summed E-state index contributed by atoms with van der Waals surface area (Å²) in [7, 11) is 0. The van der Waals surface area contributed by atoms with E-state index in [9.17, 15) is 0 Å². The predicted molar refractivity (Wildman–Crippen MR) is 108 cm³/mol. The van der Waals surface area contributed by atoms with Gasteiger partial charge in [0.1, 0.15) is 0 Å². The van der Waals surface area contributed by atoms with E-state index in [0.29, 0.717) is 5.11 Å². The first-order valence-electron chi connectivity index (χ1n) is 7.49. The zero-order chi connectivity index (χ0) is 16.7. The summed E-state index contributed by atoms with van der Waals surface area (Å²) >= 11 is 13.2. The molecule has 2 N–H and O–H groups in total. The molecule has 2 aromatic carbocycles. The van der Waals surface area contributed by atoms with Crippen LogP contribution in [0.5, 0.6) is 0 Å². The molecule has 0 amide bonds. The van der Waals surface area contributed by atoms with Crippen molar-refractivity contribution in [1.82, 2.24) is 5.32 Å². The molecule has 0 radical (unpaired) electrons. The lowest BCUT2D eigenvalue weighted by molar-refractivity contribution is 0.989. The molecular weight excluding hydrogens is 344 g/mol. The highest BCUT2D eigenvalue weighted by Gasteiger charge is 2.01. The molecule has 122 valence electrons. The normalized spacial score (nSPS) is 10.4. The number of thioether (sulfide) groups is 1. The Labute approximate surface area is 153 Å². The van der Waals surface area contributed by atoms with Gasteiger partial charge in [0.2, 0.25) is 0 Å². The molecule has 0 aromatic heterocycles. The van der Waals surface area contributed by atoms with Gasteiger partial charge in [0, 0.05) is 28.8 Å². The van der Waals surface area contributed by atoms with Gasteiger partial charge in [0.25, 0.3) is 0 Å². The largest absolute Gasteiger partial charge is 0.362 e. The minimum Gasteiger partial charge on any atom is -0.362 e. The van der Waals surface area contributed by atoms with Gasteiger partial charge >= 0.3 is 0 Å².